The molecule has 0 rings (SSSR count). The molecule has 0 heterocycles. The monoisotopic (exact) mass is 174 g/mol. The van der Waals surface area contributed by atoms with Crippen LogP contribution in [0, 0.1) is 0 Å². The summed E-state index contributed by atoms with van der Waals surface area (Å²) in [7, 11) is 0. The number of hydrogen-bond acceptors (Lipinski definition) is 0. The fraction of sp³-hybridized carbons (Fsp3) is 1.00. The second kappa shape index (κ2) is 6.44. The SMILES string of the molecule is CCCC[NH2+]CC[NH2+]C(C)(C)C. The summed E-state index contributed by atoms with van der Waals surface area (Å²) in [5.74, 6) is 0. The summed E-state index contributed by atoms with van der Waals surface area (Å²) in [6.07, 6.45) is 2.68. The van der Waals surface area contributed by atoms with Gasteiger partial charge in [0.1, 0.15) is 13.1 Å². The first kappa shape index (κ1) is 11.9. The quantitative estimate of drug-likeness (QED) is 0.519. The first-order chi connectivity index (χ1) is 5.56. The summed E-state index contributed by atoms with van der Waals surface area (Å²) in [4.78, 5) is 0. The van der Waals surface area contributed by atoms with E-state index in [0.29, 0.717) is 5.54 Å². The molecule has 4 N–H and O–H groups in total. The van der Waals surface area contributed by atoms with Crippen LogP contribution in [-0.4, -0.2) is 25.2 Å². The van der Waals surface area contributed by atoms with Gasteiger partial charge in [0.15, 0.2) is 0 Å². The van der Waals surface area contributed by atoms with E-state index in [1.165, 1.54) is 32.5 Å². The Morgan fingerprint density at radius 1 is 1.00 bits per heavy atom. The Labute approximate surface area is 77.1 Å². The maximum atomic E-state index is 2.42. The van der Waals surface area contributed by atoms with Crippen molar-refractivity contribution in [1.29, 1.82) is 0 Å². The van der Waals surface area contributed by atoms with E-state index in [2.05, 4.69) is 38.3 Å². The molecule has 0 aliphatic rings. The fourth-order valence-corrected chi connectivity index (χ4v) is 1.13. The lowest BCUT2D eigenvalue weighted by atomic mass is 10.1. The van der Waals surface area contributed by atoms with Gasteiger partial charge in [0.25, 0.3) is 0 Å². The standard InChI is InChI=1S/C10H24N2/c1-5-6-7-11-8-9-12-10(2,3)4/h11-12H,5-9H2,1-4H3/p+2. The molecule has 0 fully saturated rings. The summed E-state index contributed by atoms with van der Waals surface area (Å²) in [6, 6.07) is 0. The summed E-state index contributed by atoms with van der Waals surface area (Å²) in [5.41, 5.74) is 0.401. The molecular formula is C10H26N2+2. The van der Waals surface area contributed by atoms with Crippen molar-refractivity contribution in [2.75, 3.05) is 19.6 Å². The third-order valence-electron chi connectivity index (χ3n) is 1.89. The van der Waals surface area contributed by atoms with Crippen molar-refractivity contribution < 1.29 is 10.6 Å². The van der Waals surface area contributed by atoms with Crippen molar-refractivity contribution in [3.63, 3.8) is 0 Å². The number of rotatable bonds is 6. The van der Waals surface area contributed by atoms with Crippen molar-refractivity contribution >= 4 is 0 Å². The lowest BCUT2D eigenvalue weighted by Crippen LogP contribution is -3.00. The minimum atomic E-state index is 0.401. The molecule has 0 saturated carbocycles. The van der Waals surface area contributed by atoms with E-state index in [9.17, 15) is 0 Å². The summed E-state index contributed by atoms with van der Waals surface area (Å²) in [6.45, 7) is 12.8. The Balaban J connectivity index is 3.01. The van der Waals surface area contributed by atoms with Crippen molar-refractivity contribution in [3.8, 4) is 0 Å². The predicted octanol–water partition coefficient (Wildman–Crippen LogP) is -0.288. The van der Waals surface area contributed by atoms with Gasteiger partial charge < -0.3 is 10.6 Å². The molecule has 0 spiro atoms. The van der Waals surface area contributed by atoms with Crippen molar-refractivity contribution in [2.45, 2.75) is 46.1 Å². The molecular weight excluding hydrogens is 148 g/mol. The molecule has 0 unspecified atom stereocenters. The summed E-state index contributed by atoms with van der Waals surface area (Å²) < 4.78 is 0. The molecule has 0 aromatic heterocycles. The molecule has 0 saturated heterocycles. The van der Waals surface area contributed by atoms with E-state index in [1.54, 1.807) is 0 Å². The topological polar surface area (TPSA) is 33.2 Å². The molecule has 0 amide bonds. The van der Waals surface area contributed by atoms with Crippen molar-refractivity contribution in [1.82, 2.24) is 0 Å². The summed E-state index contributed by atoms with van der Waals surface area (Å²) in [5, 5.41) is 4.83. The van der Waals surface area contributed by atoms with Crippen LogP contribution in [-0.2, 0) is 0 Å². The van der Waals surface area contributed by atoms with E-state index in [-0.39, 0.29) is 0 Å². The zero-order valence-corrected chi connectivity index (χ0v) is 9.19. The Hall–Kier alpha value is -0.0800. The minimum Gasteiger partial charge on any atom is -0.342 e. The van der Waals surface area contributed by atoms with Gasteiger partial charge in [-0.1, -0.05) is 13.3 Å². The lowest BCUT2D eigenvalue weighted by molar-refractivity contribution is -0.758. The van der Waals surface area contributed by atoms with Gasteiger partial charge in [0.05, 0.1) is 12.1 Å². The van der Waals surface area contributed by atoms with Gasteiger partial charge in [0, 0.05) is 0 Å². The van der Waals surface area contributed by atoms with Gasteiger partial charge in [-0.25, -0.2) is 0 Å². The summed E-state index contributed by atoms with van der Waals surface area (Å²) >= 11 is 0. The fourth-order valence-electron chi connectivity index (χ4n) is 1.13. The molecule has 0 radical (unpaired) electrons. The third kappa shape index (κ3) is 9.92. The zero-order valence-electron chi connectivity index (χ0n) is 9.19. The largest absolute Gasteiger partial charge is 0.342 e. The maximum Gasteiger partial charge on any atom is 0.126 e. The Morgan fingerprint density at radius 3 is 2.17 bits per heavy atom. The normalized spacial score (nSPS) is 12.0. The van der Waals surface area contributed by atoms with Gasteiger partial charge in [-0.15, -0.1) is 0 Å². The molecule has 0 atom stereocenters. The van der Waals surface area contributed by atoms with Crippen LogP contribution in [0.1, 0.15) is 40.5 Å². The first-order valence-electron chi connectivity index (χ1n) is 5.22. The number of nitrogens with two attached hydrogens (primary N) is 2. The molecule has 0 aliphatic heterocycles. The molecule has 74 valence electrons. The average Bonchev–Trinajstić information content (AvgIpc) is 1.94. The average molecular weight is 174 g/mol. The second-order valence-electron chi connectivity index (χ2n) is 4.58. The van der Waals surface area contributed by atoms with Crippen LogP contribution in [0.15, 0.2) is 0 Å². The molecule has 0 aliphatic carbocycles. The van der Waals surface area contributed by atoms with Gasteiger partial charge >= 0.3 is 0 Å². The molecule has 0 aromatic carbocycles. The lowest BCUT2D eigenvalue weighted by Gasteiger charge is -2.15. The highest BCUT2D eigenvalue weighted by atomic mass is 15.0. The van der Waals surface area contributed by atoms with E-state index in [0.717, 1.165) is 0 Å². The van der Waals surface area contributed by atoms with Crippen LogP contribution < -0.4 is 10.6 Å². The highest BCUT2D eigenvalue weighted by Crippen LogP contribution is 1.86. The minimum absolute atomic E-state index is 0.401. The first-order valence-corrected chi connectivity index (χ1v) is 5.22. The van der Waals surface area contributed by atoms with Crippen LogP contribution in [0.2, 0.25) is 0 Å². The van der Waals surface area contributed by atoms with Crippen LogP contribution in [0.25, 0.3) is 0 Å². The second-order valence-corrected chi connectivity index (χ2v) is 4.58. The van der Waals surface area contributed by atoms with Crippen LogP contribution in [0.3, 0.4) is 0 Å². The van der Waals surface area contributed by atoms with Crippen molar-refractivity contribution in [2.24, 2.45) is 0 Å². The Morgan fingerprint density at radius 2 is 1.67 bits per heavy atom. The van der Waals surface area contributed by atoms with E-state index in [4.69, 9.17) is 0 Å². The van der Waals surface area contributed by atoms with Crippen LogP contribution in [0.4, 0.5) is 0 Å². The number of hydrogen-bond donors (Lipinski definition) is 2. The van der Waals surface area contributed by atoms with Crippen molar-refractivity contribution in [3.05, 3.63) is 0 Å². The van der Waals surface area contributed by atoms with Gasteiger partial charge in [0.2, 0.25) is 0 Å². The maximum absolute atomic E-state index is 2.42. The van der Waals surface area contributed by atoms with Gasteiger partial charge in [-0.05, 0) is 27.2 Å². The zero-order chi connectivity index (χ0) is 9.45. The molecule has 0 aromatic rings. The molecule has 2 nitrogen and oxygen atoms in total. The number of quaternary nitrogens is 2. The Kier molecular flexibility index (Phi) is 6.39. The Bertz CT molecular complexity index is 94.5. The number of unbranched alkanes of at least 4 members (excludes halogenated alkanes) is 1. The third-order valence-corrected chi connectivity index (χ3v) is 1.89. The molecule has 2 heteroatoms. The van der Waals surface area contributed by atoms with E-state index >= 15 is 0 Å². The predicted molar refractivity (Wildman–Crippen MR) is 53.1 cm³/mol. The highest BCUT2D eigenvalue weighted by molar-refractivity contribution is 4.51. The highest BCUT2D eigenvalue weighted by Gasteiger charge is 2.11. The van der Waals surface area contributed by atoms with E-state index in [1.807, 2.05) is 0 Å². The van der Waals surface area contributed by atoms with Gasteiger partial charge in [-0.3, -0.25) is 0 Å². The van der Waals surface area contributed by atoms with Crippen LogP contribution >= 0.6 is 0 Å². The molecule has 12 heavy (non-hydrogen) atoms. The molecule has 0 bridgehead atoms. The smallest absolute Gasteiger partial charge is 0.126 e. The van der Waals surface area contributed by atoms with Gasteiger partial charge in [-0.2, -0.15) is 0 Å². The van der Waals surface area contributed by atoms with E-state index < -0.39 is 0 Å². The van der Waals surface area contributed by atoms with Crippen LogP contribution in [0.5, 0.6) is 0 Å².